The van der Waals surface area contributed by atoms with Crippen molar-refractivity contribution in [3.63, 3.8) is 0 Å². The van der Waals surface area contributed by atoms with Gasteiger partial charge in [0.25, 0.3) is 0 Å². The fourth-order valence-corrected chi connectivity index (χ4v) is 1.16. The maximum Gasteiger partial charge on any atom is 0.133 e. The van der Waals surface area contributed by atoms with Crippen molar-refractivity contribution in [3.8, 4) is 11.5 Å². The van der Waals surface area contributed by atoms with Crippen molar-refractivity contribution in [2.45, 2.75) is 0 Å². The van der Waals surface area contributed by atoms with Crippen LogP contribution >= 0.6 is 0 Å². The van der Waals surface area contributed by atoms with Crippen LogP contribution in [0.15, 0.2) is 42.5 Å². The van der Waals surface area contributed by atoms with Gasteiger partial charge in [0, 0.05) is 18.2 Å². The van der Waals surface area contributed by atoms with E-state index < -0.39 is 11.6 Å². The number of ether oxygens (including phenoxy) is 1. The van der Waals surface area contributed by atoms with E-state index in [0.717, 1.165) is 18.2 Å². The first kappa shape index (κ1) is 9.65. The highest BCUT2D eigenvalue weighted by molar-refractivity contribution is 5.31. The van der Waals surface area contributed by atoms with Gasteiger partial charge in [0.2, 0.25) is 0 Å². The van der Waals surface area contributed by atoms with Crippen LogP contribution in [0.3, 0.4) is 0 Å². The van der Waals surface area contributed by atoms with Crippen molar-refractivity contribution in [1.82, 2.24) is 0 Å². The molecule has 0 unspecified atom stereocenters. The van der Waals surface area contributed by atoms with Crippen molar-refractivity contribution in [3.05, 3.63) is 60.2 Å². The predicted molar refractivity (Wildman–Crippen MR) is 51.7 cm³/mol. The molecule has 0 fully saturated rings. The Labute approximate surface area is 85.9 Å². The van der Waals surface area contributed by atoms with Gasteiger partial charge in [-0.2, -0.15) is 0 Å². The van der Waals surface area contributed by atoms with E-state index in [-0.39, 0.29) is 5.75 Å². The smallest absolute Gasteiger partial charge is 0.133 e. The number of rotatable bonds is 2. The average molecular weight is 205 g/mol. The van der Waals surface area contributed by atoms with E-state index in [1.165, 1.54) is 0 Å². The average Bonchev–Trinajstić information content (AvgIpc) is 2.17. The molecule has 2 aromatic rings. The molecule has 2 aromatic carbocycles. The molecule has 0 saturated carbocycles. The first-order valence-corrected chi connectivity index (χ1v) is 4.34. The van der Waals surface area contributed by atoms with Gasteiger partial charge in [-0.15, -0.1) is 0 Å². The molecular formula is C12H7F2O. The maximum atomic E-state index is 12.8. The predicted octanol–water partition coefficient (Wildman–Crippen LogP) is 3.56. The Bertz CT molecular complexity index is 434. The van der Waals surface area contributed by atoms with E-state index in [1.54, 1.807) is 24.3 Å². The molecule has 0 aliphatic carbocycles. The minimum absolute atomic E-state index is 0.138. The minimum atomic E-state index is -0.660. The van der Waals surface area contributed by atoms with E-state index in [2.05, 4.69) is 6.07 Å². The molecule has 0 aromatic heterocycles. The van der Waals surface area contributed by atoms with Gasteiger partial charge in [-0.25, -0.2) is 8.78 Å². The van der Waals surface area contributed by atoms with Crippen molar-refractivity contribution >= 4 is 0 Å². The highest BCUT2D eigenvalue weighted by Crippen LogP contribution is 2.22. The van der Waals surface area contributed by atoms with Crippen LogP contribution in [-0.4, -0.2) is 0 Å². The second-order valence-electron chi connectivity index (χ2n) is 2.94. The fourth-order valence-electron chi connectivity index (χ4n) is 1.16. The molecule has 1 radical (unpaired) electrons. The molecule has 0 bridgehead atoms. The summed E-state index contributed by atoms with van der Waals surface area (Å²) in [7, 11) is 0. The molecule has 75 valence electrons. The van der Waals surface area contributed by atoms with Crippen molar-refractivity contribution < 1.29 is 13.5 Å². The minimum Gasteiger partial charge on any atom is -0.457 e. The lowest BCUT2D eigenvalue weighted by Crippen LogP contribution is -1.86. The lowest BCUT2D eigenvalue weighted by molar-refractivity contribution is 0.468. The molecule has 1 nitrogen and oxygen atoms in total. The van der Waals surface area contributed by atoms with Gasteiger partial charge in [0.1, 0.15) is 23.1 Å². The Balaban J connectivity index is 2.25. The van der Waals surface area contributed by atoms with Crippen LogP contribution in [0.5, 0.6) is 11.5 Å². The van der Waals surface area contributed by atoms with E-state index in [0.29, 0.717) is 5.75 Å². The van der Waals surface area contributed by atoms with Crippen LogP contribution < -0.4 is 4.74 Å². The van der Waals surface area contributed by atoms with E-state index >= 15 is 0 Å². The standard InChI is InChI=1S/C12H7F2O/c13-9-6-10(14)8-12(7-9)15-11-4-2-1-3-5-11/h2-8H. The molecule has 2 rings (SSSR count). The zero-order valence-electron chi connectivity index (χ0n) is 7.71. The molecule has 0 spiro atoms. The van der Waals surface area contributed by atoms with Crippen LogP contribution in [0, 0.1) is 17.7 Å². The van der Waals surface area contributed by atoms with Gasteiger partial charge in [-0.3, -0.25) is 0 Å². The zero-order chi connectivity index (χ0) is 10.7. The molecule has 0 atom stereocenters. The summed E-state index contributed by atoms with van der Waals surface area (Å²) in [5, 5.41) is 0. The molecule has 0 saturated heterocycles. The lowest BCUT2D eigenvalue weighted by atomic mass is 10.3. The summed E-state index contributed by atoms with van der Waals surface area (Å²) in [6.45, 7) is 0. The SMILES string of the molecule is Fc1cc(F)cc(Oc2cc[c]cc2)c1. The van der Waals surface area contributed by atoms with Gasteiger partial charge in [0.05, 0.1) is 0 Å². The zero-order valence-corrected chi connectivity index (χ0v) is 7.71. The fraction of sp³-hybridized carbons (Fsp3) is 0. The number of hydrogen-bond donors (Lipinski definition) is 0. The molecule has 15 heavy (non-hydrogen) atoms. The summed E-state index contributed by atoms with van der Waals surface area (Å²) in [4.78, 5) is 0. The van der Waals surface area contributed by atoms with Gasteiger partial charge in [0.15, 0.2) is 0 Å². The summed E-state index contributed by atoms with van der Waals surface area (Å²) in [5.41, 5.74) is 0. The number of benzene rings is 2. The first-order chi connectivity index (χ1) is 7.24. The van der Waals surface area contributed by atoms with Gasteiger partial charge in [-0.05, 0) is 18.2 Å². The molecule has 0 amide bonds. The Hall–Kier alpha value is -1.90. The molecule has 0 aliphatic rings. The van der Waals surface area contributed by atoms with Crippen molar-refractivity contribution in [2.75, 3.05) is 0 Å². The highest BCUT2D eigenvalue weighted by Gasteiger charge is 2.02. The number of hydrogen-bond acceptors (Lipinski definition) is 1. The van der Waals surface area contributed by atoms with Crippen LogP contribution in [0.2, 0.25) is 0 Å². The van der Waals surface area contributed by atoms with Crippen molar-refractivity contribution in [2.24, 2.45) is 0 Å². The highest BCUT2D eigenvalue weighted by atomic mass is 19.1. The Kier molecular flexibility index (Phi) is 2.63. The quantitative estimate of drug-likeness (QED) is 0.728. The first-order valence-electron chi connectivity index (χ1n) is 4.34. The monoisotopic (exact) mass is 205 g/mol. The second-order valence-corrected chi connectivity index (χ2v) is 2.94. The summed E-state index contributed by atoms with van der Waals surface area (Å²) >= 11 is 0. The van der Waals surface area contributed by atoms with Gasteiger partial charge < -0.3 is 4.74 Å². The largest absolute Gasteiger partial charge is 0.457 e. The van der Waals surface area contributed by atoms with Crippen LogP contribution in [0.1, 0.15) is 0 Å². The third kappa shape index (κ3) is 2.53. The van der Waals surface area contributed by atoms with E-state index in [1.807, 2.05) is 0 Å². The lowest BCUT2D eigenvalue weighted by Gasteiger charge is -2.05. The Morgan fingerprint density at radius 1 is 0.867 bits per heavy atom. The molecule has 0 N–H and O–H groups in total. The van der Waals surface area contributed by atoms with Crippen LogP contribution in [0.25, 0.3) is 0 Å². The summed E-state index contributed by atoms with van der Waals surface area (Å²) in [6.07, 6.45) is 0. The molecular weight excluding hydrogens is 198 g/mol. The van der Waals surface area contributed by atoms with Crippen LogP contribution in [0.4, 0.5) is 8.78 Å². The molecule has 0 heterocycles. The van der Waals surface area contributed by atoms with E-state index in [4.69, 9.17) is 4.74 Å². The maximum absolute atomic E-state index is 12.8. The third-order valence-electron chi connectivity index (χ3n) is 1.76. The summed E-state index contributed by atoms with van der Waals surface area (Å²) < 4.78 is 30.8. The third-order valence-corrected chi connectivity index (χ3v) is 1.76. The van der Waals surface area contributed by atoms with E-state index in [9.17, 15) is 8.78 Å². The summed E-state index contributed by atoms with van der Waals surface area (Å²) in [6, 6.07) is 12.5. The molecule has 0 aliphatic heterocycles. The molecule has 3 heteroatoms. The summed E-state index contributed by atoms with van der Waals surface area (Å²) in [5.74, 6) is -0.669. The Morgan fingerprint density at radius 3 is 2.07 bits per heavy atom. The Morgan fingerprint density at radius 2 is 1.47 bits per heavy atom. The second kappa shape index (κ2) is 4.09. The number of halogens is 2. The van der Waals surface area contributed by atoms with Crippen LogP contribution in [-0.2, 0) is 0 Å². The topological polar surface area (TPSA) is 9.23 Å². The normalized spacial score (nSPS) is 10.0. The van der Waals surface area contributed by atoms with Gasteiger partial charge in [-0.1, -0.05) is 12.1 Å². The van der Waals surface area contributed by atoms with Crippen molar-refractivity contribution in [1.29, 1.82) is 0 Å². The van der Waals surface area contributed by atoms with Gasteiger partial charge >= 0.3 is 0 Å².